The lowest BCUT2D eigenvalue weighted by Gasteiger charge is -2.34. The molecule has 3 rings (SSSR count). The molecule has 0 saturated carbocycles. The molecule has 1 N–H and O–H groups in total. The smallest absolute Gasteiger partial charge is 0.407 e. The first-order valence-corrected chi connectivity index (χ1v) is 8.05. The molecule has 4 nitrogen and oxygen atoms in total. The van der Waals surface area contributed by atoms with Gasteiger partial charge >= 0.3 is 6.09 Å². The first-order valence-electron chi connectivity index (χ1n) is 8.05. The normalized spacial score (nSPS) is 19.4. The van der Waals surface area contributed by atoms with E-state index < -0.39 is 6.09 Å². The summed E-state index contributed by atoms with van der Waals surface area (Å²) in [5, 5.41) is 8.99. The molecule has 0 atom stereocenters. The number of piperidine rings is 1. The minimum Gasteiger partial charge on any atom is -0.465 e. The summed E-state index contributed by atoms with van der Waals surface area (Å²) in [6, 6.07) is 8.74. The summed E-state index contributed by atoms with van der Waals surface area (Å²) in [7, 11) is 0. The number of likely N-dealkylation sites (tertiary alicyclic amines) is 1. The number of aryl methyl sites for hydroxylation is 1. The van der Waals surface area contributed by atoms with Gasteiger partial charge in [0.2, 0.25) is 0 Å². The predicted molar refractivity (Wildman–Crippen MR) is 83.9 cm³/mol. The van der Waals surface area contributed by atoms with E-state index in [-0.39, 0.29) is 0 Å². The third-order valence-electron chi connectivity index (χ3n) is 4.90. The molecule has 1 fully saturated rings. The Labute approximate surface area is 126 Å². The Balaban J connectivity index is 1.52. The Morgan fingerprint density at radius 3 is 2.71 bits per heavy atom. The molecule has 0 bridgehead atoms. The Morgan fingerprint density at radius 1 is 1.19 bits per heavy atom. The Morgan fingerprint density at radius 2 is 1.95 bits per heavy atom. The number of amides is 1. The number of nitrogens with zero attached hydrogens (tertiary/aromatic N) is 2. The fourth-order valence-corrected chi connectivity index (χ4v) is 3.60. The summed E-state index contributed by atoms with van der Waals surface area (Å²) in [5.74, 6) is 0.676. The van der Waals surface area contributed by atoms with Crippen LogP contribution in [0, 0.1) is 5.92 Å². The monoisotopic (exact) mass is 288 g/mol. The number of benzene rings is 1. The number of carboxylic acid groups (broad SMARTS) is 1. The van der Waals surface area contributed by atoms with Crippen molar-refractivity contribution in [2.75, 3.05) is 31.1 Å². The van der Waals surface area contributed by atoms with E-state index in [4.69, 9.17) is 5.11 Å². The minimum absolute atomic E-state index is 0.676. The number of anilines is 1. The van der Waals surface area contributed by atoms with E-state index in [1.807, 2.05) is 0 Å². The number of rotatable bonds is 3. The van der Waals surface area contributed by atoms with Gasteiger partial charge in [-0.3, -0.25) is 0 Å². The molecule has 2 aliphatic heterocycles. The molecule has 4 heteroatoms. The Bertz CT molecular complexity index is 495. The fourth-order valence-electron chi connectivity index (χ4n) is 3.60. The van der Waals surface area contributed by atoms with Crippen molar-refractivity contribution in [1.29, 1.82) is 0 Å². The van der Waals surface area contributed by atoms with E-state index in [1.165, 1.54) is 30.5 Å². The predicted octanol–water partition coefficient (Wildman–Crippen LogP) is 3.22. The number of hydrogen-bond acceptors (Lipinski definition) is 2. The van der Waals surface area contributed by atoms with Crippen LogP contribution in [0.15, 0.2) is 24.3 Å². The van der Waals surface area contributed by atoms with E-state index >= 15 is 0 Å². The molecule has 0 aromatic heterocycles. The van der Waals surface area contributed by atoms with Gasteiger partial charge in [-0.05, 0) is 49.7 Å². The maximum Gasteiger partial charge on any atom is 0.407 e. The summed E-state index contributed by atoms with van der Waals surface area (Å²) in [4.78, 5) is 15.0. The number of para-hydroxylation sites is 1. The van der Waals surface area contributed by atoms with Crippen molar-refractivity contribution < 1.29 is 9.90 Å². The van der Waals surface area contributed by atoms with E-state index in [9.17, 15) is 4.79 Å². The Kier molecular flexibility index (Phi) is 4.32. The lowest BCUT2D eigenvalue weighted by Crippen LogP contribution is -2.38. The van der Waals surface area contributed by atoms with Crippen LogP contribution in [0.1, 0.15) is 31.2 Å². The molecule has 1 aromatic carbocycles. The highest BCUT2D eigenvalue weighted by Gasteiger charge is 2.23. The van der Waals surface area contributed by atoms with Gasteiger partial charge in [0.05, 0.1) is 0 Å². The summed E-state index contributed by atoms with van der Waals surface area (Å²) in [5.41, 5.74) is 2.89. The van der Waals surface area contributed by atoms with Gasteiger partial charge < -0.3 is 14.9 Å². The van der Waals surface area contributed by atoms with Gasteiger partial charge in [0, 0.05) is 31.9 Å². The van der Waals surface area contributed by atoms with Crippen molar-refractivity contribution in [1.82, 2.24) is 4.90 Å². The zero-order valence-electron chi connectivity index (χ0n) is 12.5. The van der Waals surface area contributed by atoms with Gasteiger partial charge in [0.15, 0.2) is 0 Å². The molecular formula is C17H24N2O2. The van der Waals surface area contributed by atoms with Crippen LogP contribution in [0.4, 0.5) is 10.5 Å². The van der Waals surface area contributed by atoms with Gasteiger partial charge in [-0.1, -0.05) is 18.2 Å². The molecule has 1 amide bonds. The summed E-state index contributed by atoms with van der Waals surface area (Å²) in [6.07, 6.45) is 4.89. The molecule has 2 heterocycles. The molecular weight excluding hydrogens is 264 g/mol. The standard InChI is InChI=1S/C17H24N2O2/c20-17(21)19-12-8-14(9-13-19)7-11-18-10-3-5-15-4-1-2-6-16(15)18/h1-2,4,6,14H,3,5,7-13H2,(H,20,21). The van der Waals surface area contributed by atoms with Crippen LogP contribution in [0.5, 0.6) is 0 Å². The topological polar surface area (TPSA) is 43.8 Å². The van der Waals surface area contributed by atoms with Crippen LogP contribution < -0.4 is 4.90 Å². The highest BCUT2D eigenvalue weighted by Crippen LogP contribution is 2.28. The van der Waals surface area contributed by atoms with Crippen molar-refractivity contribution in [3.8, 4) is 0 Å². The van der Waals surface area contributed by atoms with Crippen molar-refractivity contribution in [3.63, 3.8) is 0 Å². The number of hydrogen-bond donors (Lipinski definition) is 1. The second-order valence-electron chi connectivity index (χ2n) is 6.22. The second-order valence-corrected chi connectivity index (χ2v) is 6.22. The summed E-state index contributed by atoms with van der Waals surface area (Å²) in [6.45, 7) is 3.67. The fraction of sp³-hybridized carbons (Fsp3) is 0.588. The van der Waals surface area contributed by atoms with E-state index in [0.29, 0.717) is 19.0 Å². The van der Waals surface area contributed by atoms with E-state index in [2.05, 4.69) is 29.2 Å². The molecule has 0 unspecified atom stereocenters. The number of fused-ring (bicyclic) bond motifs is 1. The van der Waals surface area contributed by atoms with Crippen LogP contribution >= 0.6 is 0 Å². The molecule has 0 radical (unpaired) electrons. The van der Waals surface area contributed by atoms with Crippen molar-refractivity contribution in [2.45, 2.75) is 32.1 Å². The molecule has 114 valence electrons. The molecule has 0 aliphatic carbocycles. The summed E-state index contributed by atoms with van der Waals surface area (Å²) < 4.78 is 0. The Hall–Kier alpha value is -1.71. The van der Waals surface area contributed by atoms with Crippen molar-refractivity contribution in [3.05, 3.63) is 29.8 Å². The zero-order chi connectivity index (χ0) is 14.7. The molecule has 1 saturated heterocycles. The van der Waals surface area contributed by atoms with Crippen LogP contribution in [0.2, 0.25) is 0 Å². The van der Waals surface area contributed by atoms with Crippen molar-refractivity contribution >= 4 is 11.8 Å². The largest absolute Gasteiger partial charge is 0.465 e. The maximum atomic E-state index is 10.9. The quantitative estimate of drug-likeness (QED) is 0.928. The lowest BCUT2D eigenvalue weighted by atomic mass is 9.93. The first-order chi connectivity index (χ1) is 10.2. The van der Waals surface area contributed by atoms with Crippen LogP contribution in [0.25, 0.3) is 0 Å². The minimum atomic E-state index is -0.765. The van der Waals surface area contributed by atoms with Crippen LogP contribution in [0.3, 0.4) is 0 Å². The van der Waals surface area contributed by atoms with Gasteiger partial charge in [-0.25, -0.2) is 4.79 Å². The average Bonchev–Trinajstić information content (AvgIpc) is 2.53. The molecule has 2 aliphatic rings. The van der Waals surface area contributed by atoms with Gasteiger partial charge in [0.25, 0.3) is 0 Å². The second kappa shape index (κ2) is 6.37. The van der Waals surface area contributed by atoms with Crippen molar-refractivity contribution in [2.24, 2.45) is 5.92 Å². The zero-order valence-corrected chi connectivity index (χ0v) is 12.5. The number of carbonyl (C=O) groups is 1. The van der Waals surface area contributed by atoms with Gasteiger partial charge in [-0.15, -0.1) is 0 Å². The maximum absolute atomic E-state index is 10.9. The van der Waals surface area contributed by atoms with Gasteiger partial charge in [-0.2, -0.15) is 0 Å². The first kappa shape index (κ1) is 14.2. The van der Waals surface area contributed by atoms with Crippen LogP contribution in [-0.2, 0) is 6.42 Å². The molecule has 0 spiro atoms. The van der Waals surface area contributed by atoms with E-state index in [1.54, 1.807) is 4.90 Å². The molecule has 1 aromatic rings. The third kappa shape index (κ3) is 3.31. The molecule has 21 heavy (non-hydrogen) atoms. The third-order valence-corrected chi connectivity index (χ3v) is 4.90. The van der Waals surface area contributed by atoms with Crippen LogP contribution in [-0.4, -0.2) is 42.3 Å². The lowest BCUT2D eigenvalue weighted by molar-refractivity contribution is 0.123. The van der Waals surface area contributed by atoms with E-state index in [0.717, 1.165) is 25.9 Å². The average molecular weight is 288 g/mol. The summed E-state index contributed by atoms with van der Waals surface area (Å²) >= 11 is 0. The SMILES string of the molecule is O=C(O)N1CCC(CCN2CCCc3ccccc32)CC1. The van der Waals surface area contributed by atoms with Gasteiger partial charge in [0.1, 0.15) is 0 Å². The highest BCUT2D eigenvalue weighted by molar-refractivity contribution is 5.65. The highest BCUT2D eigenvalue weighted by atomic mass is 16.4.